The molecule has 0 unspecified atom stereocenters. The quantitative estimate of drug-likeness (QED) is 0.467. The highest BCUT2D eigenvalue weighted by Gasteiger charge is 2.33. The zero-order chi connectivity index (χ0) is 17.2. The van der Waals surface area contributed by atoms with Crippen molar-refractivity contribution in [2.24, 2.45) is 0 Å². The average molecular weight is 398 g/mol. The first-order chi connectivity index (χ1) is 11.5. The minimum absolute atomic E-state index is 0.236. The van der Waals surface area contributed by atoms with Gasteiger partial charge in [-0.3, -0.25) is 9.38 Å². The molecule has 0 amide bonds. The number of alkyl halides is 3. The molecule has 0 bridgehead atoms. The Balaban J connectivity index is 1.89. The van der Waals surface area contributed by atoms with Crippen molar-refractivity contribution in [3.8, 4) is 17.1 Å². The first-order valence-corrected chi connectivity index (χ1v) is 8.15. The van der Waals surface area contributed by atoms with E-state index in [1.165, 1.54) is 16.8 Å². The Morgan fingerprint density at radius 3 is 2.71 bits per heavy atom. The van der Waals surface area contributed by atoms with E-state index in [1.54, 1.807) is 18.3 Å². The van der Waals surface area contributed by atoms with E-state index >= 15 is 0 Å². The largest absolute Gasteiger partial charge is 0.478 e. The van der Waals surface area contributed by atoms with Crippen LogP contribution in [0.1, 0.15) is 25.6 Å². The van der Waals surface area contributed by atoms with Gasteiger partial charge in [-0.05, 0) is 28.4 Å². The molecule has 0 aliphatic rings. The van der Waals surface area contributed by atoms with Gasteiger partial charge in [0.25, 0.3) is 0 Å². The summed E-state index contributed by atoms with van der Waals surface area (Å²) in [5, 5.41) is 7.18. The van der Waals surface area contributed by atoms with Crippen molar-refractivity contribution in [3.05, 3.63) is 36.5 Å². The highest BCUT2D eigenvalue weighted by Crippen LogP contribution is 2.33. The first kappa shape index (κ1) is 16.7. The summed E-state index contributed by atoms with van der Waals surface area (Å²) in [5.41, 5.74) is 1.39. The lowest BCUT2D eigenvalue weighted by Crippen LogP contribution is -2.09. The number of aromatic nitrogens is 5. The van der Waals surface area contributed by atoms with E-state index in [2.05, 4.69) is 43.0 Å². The van der Waals surface area contributed by atoms with Gasteiger partial charge >= 0.3 is 4.83 Å². The Hall–Kier alpha value is -2.16. The van der Waals surface area contributed by atoms with Gasteiger partial charge in [0.05, 0.1) is 18.5 Å². The summed E-state index contributed by atoms with van der Waals surface area (Å²) in [6, 6.07) is 3.50. The molecule has 0 fully saturated rings. The second-order valence-corrected chi connectivity index (χ2v) is 6.11. The van der Waals surface area contributed by atoms with Gasteiger partial charge in [-0.25, -0.2) is 4.98 Å². The van der Waals surface area contributed by atoms with E-state index in [4.69, 9.17) is 4.74 Å². The summed E-state index contributed by atoms with van der Waals surface area (Å²) in [4.78, 5) is 5.14. The normalized spacial score (nSPS) is 11.8. The zero-order valence-corrected chi connectivity index (χ0v) is 14.4. The third kappa shape index (κ3) is 3.50. The molecule has 0 radical (unpaired) electrons. The van der Waals surface area contributed by atoms with Crippen molar-refractivity contribution in [2.45, 2.75) is 24.6 Å². The van der Waals surface area contributed by atoms with E-state index in [9.17, 15) is 8.78 Å². The standard InChI is InChI=1S/C15H14BrF2N5O/c1-2-3-6-24-13-5-4-10(7-20-13)11-9-23-12(8-19-11)21-22-14(23)15(16,17)18/h4-5,7-9H,2-3,6H2,1H3. The smallest absolute Gasteiger partial charge is 0.360 e. The lowest BCUT2D eigenvalue weighted by molar-refractivity contribution is 0.102. The summed E-state index contributed by atoms with van der Waals surface area (Å²) >= 11 is 2.30. The molecule has 0 atom stereocenters. The second-order valence-electron chi connectivity index (χ2n) is 5.11. The molecule has 6 nitrogen and oxygen atoms in total. The number of fused-ring (bicyclic) bond motifs is 1. The zero-order valence-electron chi connectivity index (χ0n) is 12.8. The fraction of sp³-hybridized carbons (Fsp3) is 0.333. The van der Waals surface area contributed by atoms with Crippen molar-refractivity contribution < 1.29 is 13.5 Å². The SMILES string of the molecule is CCCCOc1ccc(-c2cn3c(C(F)(F)Br)nnc3cn2)cn1. The predicted octanol–water partition coefficient (Wildman–Crippen LogP) is 3.81. The topological polar surface area (TPSA) is 65.2 Å². The van der Waals surface area contributed by atoms with Crippen LogP contribution in [0.4, 0.5) is 8.78 Å². The van der Waals surface area contributed by atoms with Crippen LogP contribution in [0.25, 0.3) is 16.9 Å². The summed E-state index contributed by atoms with van der Waals surface area (Å²) < 4.78 is 33.7. The van der Waals surface area contributed by atoms with E-state index < -0.39 is 10.7 Å². The third-order valence-electron chi connectivity index (χ3n) is 3.33. The molecule has 0 aromatic carbocycles. The molecule has 3 aromatic heterocycles. The number of hydrogen-bond donors (Lipinski definition) is 0. The molecule has 0 N–H and O–H groups in total. The molecule has 24 heavy (non-hydrogen) atoms. The van der Waals surface area contributed by atoms with Gasteiger partial charge < -0.3 is 4.74 Å². The molecular formula is C15H14BrF2N5O. The van der Waals surface area contributed by atoms with Crippen molar-refractivity contribution >= 4 is 21.6 Å². The number of hydrogen-bond acceptors (Lipinski definition) is 5. The second kappa shape index (κ2) is 6.76. The predicted molar refractivity (Wildman–Crippen MR) is 87.2 cm³/mol. The van der Waals surface area contributed by atoms with Gasteiger partial charge in [0.15, 0.2) is 5.65 Å². The number of ether oxygens (including phenoxy) is 1. The van der Waals surface area contributed by atoms with Crippen LogP contribution in [-0.4, -0.2) is 31.2 Å². The Bertz CT molecular complexity index is 832. The maximum Gasteiger partial charge on any atom is 0.360 e. The van der Waals surface area contributed by atoms with E-state index in [0.29, 0.717) is 23.7 Å². The highest BCUT2D eigenvalue weighted by molar-refractivity contribution is 9.09. The van der Waals surface area contributed by atoms with Crippen LogP contribution in [0.3, 0.4) is 0 Å². The van der Waals surface area contributed by atoms with Crippen LogP contribution >= 0.6 is 15.9 Å². The number of rotatable bonds is 6. The Kier molecular flexibility index (Phi) is 4.70. The van der Waals surface area contributed by atoms with Crippen molar-refractivity contribution in [1.82, 2.24) is 24.6 Å². The number of halogens is 3. The molecule has 9 heteroatoms. The minimum atomic E-state index is -3.28. The fourth-order valence-corrected chi connectivity index (χ4v) is 2.35. The van der Waals surface area contributed by atoms with E-state index in [1.807, 2.05) is 0 Å². The van der Waals surface area contributed by atoms with Gasteiger partial charge in [0.2, 0.25) is 11.7 Å². The van der Waals surface area contributed by atoms with Gasteiger partial charge in [-0.15, -0.1) is 10.2 Å². The molecule has 3 aromatic rings. The van der Waals surface area contributed by atoms with Crippen LogP contribution in [0.5, 0.6) is 5.88 Å². The molecule has 0 saturated carbocycles. The summed E-state index contributed by atoms with van der Waals surface area (Å²) in [5.74, 6) is 0.0129. The molecule has 3 rings (SSSR count). The number of nitrogens with zero attached hydrogens (tertiary/aromatic N) is 5. The molecule has 126 valence electrons. The van der Waals surface area contributed by atoms with Crippen LogP contribution < -0.4 is 4.74 Å². The van der Waals surface area contributed by atoms with Crippen LogP contribution in [0, 0.1) is 0 Å². The summed E-state index contributed by atoms with van der Waals surface area (Å²) in [6.45, 7) is 2.69. The lowest BCUT2D eigenvalue weighted by Gasteiger charge is -2.08. The summed E-state index contributed by atoms with van der Waals surface area (Å²) in [7, 11) is 0. The highest BCUT2D eigenvalue weighted by atomic mass is 79.9. The van der Waals surface area contributed by atoms with Crippen molar-refractivity contribution in [2.75, 3.05) is 6.61 Å². The Morgan fingerprint density at radius 1 is 1.21 bits per heavy atom. The molecule has 0 spiro atoms. The van der Waals surface area contributed by atoms with Crippen LogP contribution in [-0.2, 0) is 4.83 Å². The Labute approximate surface area is 145 Å². The number of unbranched alkanes of at least 4 members (excludes halogenated alkanes) is 1. The van der Waals surface area contributed by atoms with Gasteiger partial charge in [-0.1, -0.05) is 13.3 Å². The van der Waals surface area contributed by atoms with Crippen LogP contribution in [0.2, 0.25) is 0 Å². The number of pyridine rings is 1. The maximum absolute atomic E-state index is 13.5. The maximum atomic E-state index is 13.5. The van der Waals surface area contributed by atoms with Gasteiger partial charge in [0.1, 0.15) is 0 Å². The molecule has 3 heterocycles. The molecule has 0 saturated heterocycles. The van der Waals surface area contributed by atoms with Gasteiger partial charge in [-0.2, -0.15) is 8.78 Å². The Morgan fingerprint density at radius 2 is 2.04 bits per heavy atom. The third-order valence-corrected chi connectivity index (χ3v) is 3.68. The molecule has 0 aliphatic heterocycles. The summed E-state index contributed by atoms with van der Waals surface area (Å²) in [6.07, 6.45) is 6.43. The fourth-order valence-electron chi connectivity index (χ4n) is 2.08. The first-order valence-electron chi connectivity index (χ1n) is 7.36. The molecule has 0 aliphatic carbocycles. The lowest BCUT2D eigenvalue weighted by atomic mass is 10.2. The average Bonchev–Trinajstić information content (AvgIpc) is 2.99. The van der Waals surface area contributed by atoms with E-state index in [0.717, 1.165) is 12.8 Å². The van der Waals surface area contributed by atoms with Gasteiger partial charge in [0, 0.05) is 24.0 Å². The monoisotopic (exact) mass is 397 g/mol. The van der Waals surface area contributed by atoms with Crippen LogP contribution in [0.15, 0.2) is 30.7 Å². The minimum Gasteiger partial charge on any atom is -0.478 e. The molecular weight excluding hydrogens is 384 g/mol. The van der Waals surface area contributed by atoms with E-state index in [-0.39, 0.29) is 5.65 Å². The van der Waals surface area contributed by atoms with Crippen molar-refractivity contribution in [1.29, 1.82) is 0 Å². The van der Waals surface area contributed by atoms with Crippen molar-refractivity contribution in [3.63, 3.8) is 0 Å².